The third-order valence-electron chi connectivity index (χ3n) is 16.1. The molecular formula is C66H68ClN7O6. The van der Waals surface area contributed by atoms with E-state index in [1.807, 2.05) is 81.0 Å². The first-order valence-corrected chi connectivity index (χ1v) is 28.6. The highest BCUT2D eigenvalue weighted by atomic mass is 35.5. The fourth-order valence-corrected chi connectivity index (χ4v) is 12.3. The number of hydrogen-bond acceptors (Lipinski definition) is 11. The predicted octanol–water partition coefficient (Wildman–Crippen LogP) is 12.1. The number of nitrogens with zero attached hydrogens (tertiary/aromatic N) is 6. The highest BCUT2D eigenvalue weighted by Crippen LogP contribution is 2.41. The number of esters is 1. The number of carbonyl (C=O) groups excluding carboxylic acids is 3. The minimum atomic E-state index is -0.279. The van der Waals surface area contributed by atoms with E-state index in [1.165, 1.54) is 90.6 Å². The molecule has 6 aliphatic rings. The van der Waals surface area contributed by atoms with Gasteiger partial charge in [0.2, 0.25) is 0 Å². The molecule has 3 aliphatic heterocycles. The van der Waals surface area contributed by atoms with Crippen LogP contribution in [0, 0.1) is 11.3 Å². The monoisotopic (exact) mass is 1090 g/mol. The van der Waals surface area contributed by atoms with E-state index in [4.69, 9.17) is 40.8 Å². The van der Waals surface area contributed by atoms with E-state index < -0.39 is 0 Å². The maximum absolute atomic E-state index is 12.0. The summed E-state index contributed by atoms with van der Waals surface area (Å²) in [6.45, 7) is 9.18. The van der Waals surface area contributed by atoms with Crippen molar-refractivity contribution in [2.24, 2.45) is 0 Å². The number of amides is 2. The lowest BCUT2D eigenvalue weighted by molar-refractivity contribution is 0.0600. The van der Waals surface area contributed by atoms with Gasteiger partial charge in [0.25, 0.3) is 0 Å². The maximum Gasteiger partial charge on any atom is 0.409 e. The van der Waals surface area contributed by atoms with Crippen LogP contribution in [0.3, 0.4) is 0 Å². The Morgan fingerprint density at radius 1 is 0.537 bits per heavy atom. The van der Waals surface area contributed by atoms with Gasteiger partial charge in [-0.1, -0.05) is 64.7 Å². The molecule has 13 nitrogen and oxygen atoms in total. The summed E-state index contributed by atoms with van der Waals surface area (Å²) < 4.78 is 15.2. The molecule has 3 aliphatic carbocycles. The lowest BCUT2D eigenvalue weighted by Crippen LogP contribution is -2.37. The molecule has 0 unspecified atom stereocenters. The number of methoxy groups -OCH3 is 1. The average Bonchev–Trinajstić information content (AvgIpc) is 3.88. The molecule has 0 bridgehead atoms. The van der Waals surface area contributed by atoms with Crippen molar-refractivity contribution < 1.29 is 28.6 Å². The summed E-state index contributed by atoms with van der Waals surface area (Å²) in [5.74, 6) is -0.279. The Bertz CT molecular complexity index is 3440. The quantitative estimate of drug-likeness (QED) is 0.133. The number of carbonyl (C=O) groups is 3. The number of aromatic nitrogens is 3. The number of fused-ring (bicyclic) bond motifs is 6. The lowest BCUT2D eigenvalue weighted by atomic mass is 9.88. The van der Waals surface area contributed by atoms with Crippen LogP contribution < -0.4 is 5.32 Å². The van der Waals surface area contributed by atoms with Crippen LogP contribution >= 0.6 is 11.6 Å². The highest BCUT2D eigenvalue weighted by Gasteiger charge is 2.30. The summed E-state index contributed by atoms with van der Waals surface area (Å²) in [5, 5.41) is 13.5. The first-order valence-electron chi connectivity index (χ1n) is 28.2. The van der Waals surface area contributed by atoms with E-state index in [-0.39, 0.29) is 18.2 Å². The predicted molar refractivity (Wildman–Crippen MR) is 311 cm³/mol. The standard InChI is InChI=1S/C23H23N3O2.C22H23ClN2O2.C21H22N2O2/c1-2-28-23(27)26-12-9-17(10-13-26)21-20-8-5-16(15-24)14-19(20)7-6-18-4-3-11-25-22(18)21;1-2-27-22(26)25-12-9-15(10-13-25)20-19-8-7-18(23)14-17(19)6-5-16-4-3-11-24-21(16)20;1-25-21(24)17-6-7-18-16(13-17)5-4-15-3-2-10-23-20(15)19(18)14-8-11-22-12-9-14/h3-5,8,11,14H,2,6-7,9-10,12-13H2,1H3;3-4,7-8,11,14H,2,5-6,9-10,12-13H2,1H3;2-3,6-7,10,13,22H,4-5,8-9,11-12H2,1H3. The van der Waals surface area contributed by atoms with E-state index in [2.05, 4.69) is 53.9 Å². The van der Waals surface area contributed by atoms with Gasteiger partial charge < -0.3 is 29.3 Å². The van der Waals surface area contributed by atoms with E-state index in [9.17, 15) is 19.6 Å². The molecule has 6 heterocycles. The van der Waals surface area contributed by atoms with Gasteiger partial charge in [-0.05, 0) is 209 Å². The van der Waals surface area contributed by atoms with Gasteiger partial charge in [-0.3, -0.25) is 15.0 Å². The van der Waals surface area contributed by atoms with Crippen molar-refractivity contribution in [3.8, 4) is 6.07 Å². The minimum Gasteiger partial charge on any atom is -0.465 e. The molecule has 0 atom stereocenters. The van der Waals surface area contributed by atoms with Crippen LogP contribution in [-0.2, 0) is 52.7 Å². The number of pyridine rings is 3. The van der Waals surface area contributed by atoms with Gasteiger partial charge in [-0.2, -0.15) is 5.26 Å². The zero-order valence-corrected chi connectivity index (χ0v) is 46.8. The molecule has 3 aromatic carbocycles. The molecule has 0 spiro atoms. The number of piperidine rings is 3. The number of rotatable bonds is 3. The van der Waals surface area contributed by atoms with Crippen molar-refractivity contribution in [3.63, 3.8) is 0 Å². The molecule has 2 amide bonds. The van der Waals surface area contributed by atoms with Crippen molar-refractivity contribution in [1.29, 1.82) is 5.26 Å². The molecule has 3 aromatic heterocycles. The Hall–Kier alpha value is -7.92. The van der Waals surface area contributed by atoms with Crippen LogP contribution in [0.25, 0.3) is 16.7 Å². The lowest BCUT2D eigenvalue weighted by Gasteiger charge is -2.29. The molecule has 0 saturated carbocycles. The summed E-state index contributed by atoms with van der Waals surface area (Å²) in [6.07, 6.45) is 16.1. The molecule has 0 radical (unpaired) electrons. The normalized spacial score (nSPS) is 16.3. The van der Waals surface area contributed by atoms with Crippen molar-refractivity contribution in [3.05, 3.63) is 210 Å². The first-order chi connectivity index (χ1) is 39.2. The largest absolute Gasteiger partial charge is 0.465 e. The highest BCUT2D eigenvalue weighted by molar-refractivity contribution is 6.30. The fourth-order valence-electron chi connectivity index (χ4n) is 12.1. The first kappa shape index (κ1) is 55.4. The van der Waals surface area contributed by atoms with E-state index in [1.54, 1.807) is 9.80 Å². The van der Waals surface area contributed by atoms with Gasteiger partial charge in [0, 0.05) is 66.5 Å². The summed E-state index contributed by atoms with van der Waals surface area (Å²) in [4.78, 5) is 53.8. The fraction of sp³-hybridized carbons (Fsp3) is 0.348. The van der Waals surface area contributed by atoms with Crippen molar-refractivity contribution in [2.75, 3.05) is 59.6 Å². The molecule has 410 valence electrons. The molecule has 3 saturated heterocycles. The Kier molecular flexibility index (Phi) is 17.9. The van der Waals surface area contributed by atoms with E-state index in [0.717, 1.165) is 112 Å². The van der Waals surface area contributed by atoms with Crippen LogP contribution in [0.5, 0.6) is 0 Å². The number of aryl methyl sites for hydroxylation is 6. The number of benzene rings is 3. The van der Waals surface area contributed by atoms with Gasteiger partial charge in [0.15, 0.2) is 0 Å². The second-order valence-electron chi connectivity index (χ2n) is 20.7. The van der Waals surface area contributed by atoms with Crippen LogP contribution in [0.1, 0.15) is 135 Å². The van der Waals surface area contributed by atoms with Crippen molar-refractivity contribution in [1.82, 2.24) is 30.1 Å². The Morgan fingerprint density at radius 2 is 0.950 bits per heavy atom. The van der Waals surface area contributed by atoms with Crippen LogP contribution in [-0.4, -0.2) is 102 Å². The smallest absolute Gasteiger partial charge is 0.409 e. The molecule has 12 rings (SSSR count). The van der Waals surface area contributed by atoms with Crippen LogP contribution in [0.2, 0.25) is 5.02 Å². The third kappa shape index (κ3) is 12.3. The van der Waals surface area contributed by atoms with Crippen molar-refractivity contribution in [2.45, 2.75) is 90.9 Å². The molecule has 3 fully saturated rings. The van der Waals surface area contributed by atoms with Gasteiger partial charge in [-0.25, -0.2) is 14.4 Å². The van der Waals surface area contributed by atoms with Gasteiger partial charge in [-0.15, -0.1) is 0 Å². The Morgan fingerprint density at radius 3 is 1.40 bits per heavy atom. The number of likely N-dealkylation sites (tertiary alicyclic amines) is 2. The molecule has 80 heavy (non-hydrogen) atoms. The minimum absolute atomic E-state index is 0.215. The van der Waals surface area contributed by atoms with Gasteiger partial charge in [0.1, 0.15) is 0 Å². The molecule has 14 heteroatoms. The SMILES string of the molecule is CCOC(=O)N1CCC(=C2c3ccc(C#N)cc3CCc3cccnc32)CC1.CCOC(=O)N1CCC(=C2c3ccc(Cl)cc3CCc3cccnc32)CC1.COC(=O)c1ccc2c(c1)CCc1cccnc1C2=C1CCNCC1. The average molecular weight is 1090 g/mol. The van der Waals surface area contributed by atoms with Crippen LogP contribution in [0.15, 0.2) is 126 Å². The summed E-state index contributed by atoms with van der Waals surface area (Å²) in [6, 6.07) is 32.8. The van der Waals surface area contributed by atoms with Gasteiger partial charge in [0.05, 0.1) is 54.6 Å². The van der Waals surface area contributed by atoms with Crippen molar-refractivity contribution >= 4 is 46.5 Å². The topological polar surface area (TPSA) is 160 Å². The molecule has 6 aromatic rings. The maximum atomic E-state index is 12.0. The zero-order chi connectivity index (χ0) is 55.5. The van der Waals surface area contributed by atoms with Crippen LogP contribution in [0.4, 0.5) is 9.59 Å². The summed E-state index contributed by atoms with van der Waals surface area (Å²) in [5.41, 5.74) is 23.5. The number of nitrogens with one attached hydrogen (secondary N) is 1. The Labute approximate surface area is 474 Å². The zero-order valence-electron chi connectivity index (χ0n) is 46.0. The van der Waals surface area contributed by atoms with E-state index >= 15 is 0 Å². The third-order valence-corrected chi connectivity index (χ3v) is 16.3. The number of hydrogen-bond donors (Lipinski definition) is 1. The second-order valence-corrected chi connectivity index (χ2v) is 21.2. The summed E-state index contributed by atoms with van der Waals surface area (Å²) in [7, 11) is 1.43. The van der Waals surface area contributed by atoms with E-state index in [0.29, 0.717) is 50.5 Å². The Balaban J connectivity index is 0.000000135. The number of halogens is 1. The van der Waals surface area contributed by atoms with Gasteiger partial charge >= 0.3 is 18.2 Å². The number of nitriles is 1. The second kappa shape index (κ2) is 25.9. The molecule has 1 N–H and O–H groups in total. The number of ether oxygens (including phenoxy) is 3. The molecular weight excluding hydrogens is 1020 g/mol. The summed E-state index contributed by atoms with van der Waals surface area (Å²) >= 11 is 6.27.